The topological polar surface area (TPSA) is 101 Å². The molecule has 1 aliphatic rings. The fourth-order valence-corrected chi connectivity index (χ4v) is 5.60. The van der Waals surface area contributed by atoms with E-state index < -0.39 is 44.2 Å². The zero-order chi connectivity index (χ0) is 18.0. The molecule has 0 aliphatic carbocycles. The van der Waals surface area contributed by atoms with Gasteiger partial charge in [-0.05, 0) is 24.6 Å². The normalized spacial score (nSPS) is 20.2. The van der Waals surface area contributed by atoms with Crippen molar-refractivity contribution in [3.8, 4) is 0 Å². The smallest absolute Gasteiger partial charge is 0.243 e. The van der Waals surface area contributed by atoms with Crippen LogP contribution in [0.3, 0.4) is 0 Å². The first kappa shape index (κ1) is 18.8. The standard InChI is InChI=1S/C14H19FN2O5S2/c1-2-17(24(21,22)13-5-3-4-11(15)8-13)9-14(18)16-12-6-7-23(19,20)10-12/h3-5,8,12H,2,6-7,9-10H2,1H3,(H,16,18)/t12-/m0/s1. The third-order valence-electron chi connectivity index (χ3n) is 3.70. The number of hydrogen-bond donors (Lipinski definition) is 1. The third kappa shape index (κ3) is 4.52. The molecule has 24 heavy (non-hydrogen) atoms. The van der Waals surface area contributed by atoms with Crippen LogP contribution in [-0.2, 0) is 24.7 Å². The summed E-state index contributed by atoms with van der Waals surface area (Å²) in [7, 11) is -7.15. The number of amides is 1. The summed E-state index contributed by atoms with van der Waals surface area (Å²) < 4.78 is 61.9. The van der Waals surface area contributed by atoms with E-state index in [0.29, 0.717) is 6.42 Å². The molecule has 0 radical (unpaired) electrons. The molecule has 2 rings (SSSR count). The summed E-state index contributed by atoms with van der Waals surface area (Å²) >= 11 is 0. The number of rotatable bonds is 6. The van der Waals surface area contributed by atoms with Crippen molar-refractivity contribution in [1.29, 1.82) is 0 Å². The lowest BCUT2D eigenvalue weighted by atomic mass is 10.2. The van der Waals surface area contributed by atoms with Crippen LogP contribution in [-0.4, -0.2) is 57.7 Å². The fourth-order valence-electron chi connectivity index (χ4n) is 2.49. The molecule has 134 valence electrons. The second-order valence-electron chi connectivity index (χ2n) is 5.56. The fraction of sp³-hybridized carbons (Fsp3) is 0.500. The van der Waals surface area contributed by atoms with Gasteiger partial charge in [-0.25, -0.2) is 21.2 Å². The molecule has 1 saturated heterocycles. The molecule has 0 spiro atoms. The lowest BCUT2D eigenvalue weighted by Gasteiger charge is -2.21. The number of nitrogens with zero attached hydrogens (tertiary/aromatic N) is 1. The largest absolute Gasteiger partial charge is 0.351 e. The Bertz CT molecular complexity index is 823. The predicted molar refractivity (Wildman–Crippen MR) is 86.0 cm³/mol. The minimum atomic E-state index is -4.01. The first-order chi connectivity index (χ1) is 11.1. The summed E-state index contributed by atoms with van der Waals surface area (Å²) in [6, 6.07) is 4.04. The van der Waals surface area contributed by atoms with Gasteiger partial charge in [-0.2, -0.15) is 4.31 Å². The van der Waals surface area contributed by atoms with Gasteiger partial charge in [0.05, 0.1) is 22.9 Å². The van der Waals surface area contributed by atoms with Gasteiger partial charge >= 0.3 is 0 Å². The first-order valence-corrected chi connectivity index (χ1v) is 10.7. The molecule has 7 nitrogen and oxygen atoms in total. The zero-order valence-corrected chi connectivity index (χ0v) is 14.7. The molecule has 1 aromatic carbocycles. The van der Waals surface area contributed by atoms with Gasteiger partial charge in [0, 0.05) is 12.6 Å². The van der Waals surface area contributed by atoms with Crippen LogP contribution >= 0.6 is 0 Å². The van der Waals surface area contributed by atoms with Gasteiger partial charge in [0.25, 0.3) is 0 Å². The number of nitrogens with one attached hydrogen (secondary N) is 1. The molecule has 1 N–H and O–H groups in total. The van der Waals surface area contributed by atoms with E-state index in [2.05, 4.69) is 5.32 Å². The number of hydrogen-bond acceptors (Lipinski definition) is 5. The van der Waals surface area contributed by atoms with E-state index >= 15 is 0 Å². The molecule has 1 heterocycles. The van der Waals surface area contributed by atoms with Crippen LogP contribution in [0.4, 0.5) is 4.39 Å². The zero-order valence-electron chi connectivity index (χ0n) is 13.1. The van der Waals surface area contributed by atoms with E-state index in [9.17, 15) is 26.0 Å². The summed E-state index contributed by atoms with van der Waals surface area (Å²) in [6.45, 7) is 1.13. The molecule has 0 unspecified atom stereocenters. The van der Waals surface area contributed by atoms with Crippen LogP contribution in [0.15, 0.2) is 29.2 Å². The lowest BCUT2D eigenvalue weighted by Crippen LogP contribution is -2.44. The molecular weight excluding hydrogens is 359 g/mol. The Labute approximate surface area is 140 Å². The quantitative estimate of drug-likeness (QED) is 0.759. The van der Waals surface area contributed by atoms with Crippen molar-refractivity contribution in [2.24, 2.45) is 0 Å². The monoisotopic (exact) mass is 378 g/mol. The number of sulfone groups is 1. The Kier molecular flexibility index (Phi) is 5.61. The molecule has 0 bridgehead atoms. The first-order valence-electron chi connectivity index (χ1n) is 7.39. The molecule has 1 aromatic rings. The second kappa shape index (κ2) is 7.16. The van der Waals surface area contributed by atoms with Crippen LogP contribution in [0, 0.1) is 5.82 Å². The van der Waals surface area contributed by atoms with Gasteiger partial charge in [-0.1, -0.05) is 13.0 Å². The highest BCUT2D eigenvalue weighted by atomic mass is 32.2. The highest BCUT2D eigenvalue weighted by Crippen LogP contribution is 2.17. The van der Waals surface area contributed by atoms with Gasteiger partial charge in [0.1, 0.15) is 5.82 Å². The van der Waals surface area contributed by atoms with E-state index in [1.807, 2.05) is 0 Å². The molecule has 1 aliphatic heterocycles. The summed E-state index contributed by atoms with van der Waals surface area (Å²) in [4.78, 5) is 11.8. The van der Waals surface area contributed by atoms with Crippen molar-refractivity contribution < 1.29 is 26.0 Å². The maximum absolute atomic E-state index is 13.3. The van der Waals surface area contributed by atoms with Crippen LogP contribution in [0.25, 0.3) is 0 Å². The molecular formula is C14H19FN2O5S2. The maximum Gasteiger partial charge on any atom is 0.243 e. The molecule has 1 fully saturated rings. The van der Waals surface area contributed by atoms with Crippen LogP contribution in [0.5, 0.6) is 0 Å². The van der Waals surface area contributed by atoms with Crippen LogP contribution < -0.4 is 5.32 Å². The van der Waals surface area contributed by atoms with Gasteiger partial charge in [-0.3, -0.25) is 4.79 Å². The maximum atomic E-state index is 13.3. The van der Waals surface area contributed by atoms with E-state index in [1.54, 1.807) is 6.92 Å². The Morgan fingerprint density at radius 2 is 2.12 bits per heavy atom. The number of carbonyl (C=O) groups is 1. The number of halogens is 1. The average molecular weight is 378 g/mol. The SMILES string of the molecule is CCN(CC(=O)N[C@H]1CCS(=O)(=O)C1)S(=O)(=O)c1cccc(F)c1. The van der Waals surface area contributed by atoms with E-state index in [-0.39, 0.29) is 22.9 Å². The minimum absolute atomic E-state index is 0.0109. The van der Waals surface area contributed by atoms with E-state index in [4.69, 9.17) is 0 Å². The Morgan fingerprint density at radius 1 is 1.42 bits per heavy atom. The van der Waals surface area contributed by atoms with Crippen molar-refractivity contribution in [2.45, 2.75) is 24.3 Å². The predicted octanol–water partition coefficient (Wildman–Crippen LogP) is 0.140. The van der Waals surface area contributed by atoms with Crippen LogP contribution in [0.1, 0.15) is 13.3 Å². The molecule has 1 atom stereocenters. The number of likely N-dealkylation sites (N-methyl/N-ethyl adjacent to an activating group) is 1. The van der Waals surface area contributed by atoms with Gasteiger partial charge < -0.3 is 5.32 Å². The summed E-state index contributed by atoms with van der Waals surface area (Å²) in [5.74, 6) is -1.40. The van der Waals surface area contributed by atoms with Crippen molar-refractivity contribution in [1.82, 2.24) is 9.62 Å². The molecule has 1 amide bonds. The van der Waals surface area contributed by atoms with Gasteiger partial charge in [-0.15, -0.1) is 0 Å². The Hall–Kier alpha value is -1.52. The second-order valence-corrected chi connectivity index (χ2v) is 9.72. The summed E-state index contributed by atoms with van der Waals surface area (Å²) in [6.07, 6.45) is 0.316. The van der Waals surface area contributed by atoms with E-state index in [0.717, 1.165) is 16.4 Å². The molecule has 10 heteroatoms. The van der Waals surface area contributed by atoms with Gasteiger partial charge in [0.15, 0.2) is 9.84 Å². The molecule has 0 saturated carbocycles. The number of sulfonamides is 1. The van der Waals surface area contributed by atoms with Crippen molar-refractivity contribution >= 4 is 25.8 Å². The Morgan fingerprint density at radius 3 is 2.67 bits per heavy atom. The third-order valence-corrected chi connectivity index (χ3v) is 7.39. The van der Waals surface area contributed by atoms with Crippen molar-refractivity contribution in [3.05, 3.63) is 30.1 Å². The highest BCUT2D eigenvalue weighted by molar-refractivity contribution is 7.91. The van der Waals surface area contributed by atoms with Gasteiger partial charge in [0.2, 0.25) is 15.9 Å². The Balaban J connectivity index is 2.07. The van der Waals surface area contributed by atoms with E-state index in [1.165, 1.54) is 12.1 Å². The summed E-state index contributed by atoms with van der Waals surface area (Å²) in [5.41, 5.74) is 0. The summed E-state index contributed by atoms with van der Waals surface area (Å²) in [5, 5.41) is 2.54. The van der Waals surface area contributed by atoms with Crippen molar-refractivity contribution in [2.75, 3.05) is 24.6 Å². The number of carbonyl (C=O) groups excluding carboxylic acids is 1. The molecule has 0 aromatic heterocycles. The minimum Gasteiger partial charge on any atom is -0.351 e. The average Bonchev–Trinajstić information content (AvgIpc) is 2.83. The highest BCUT2D eigenvalue weighted by Gasteiger charge is 2.31. The van der Waals surface area contributed by atoms with Crippen molar-refractivity contribution in [3.63, 3.8) is 0 Å². The van der Waals surface area contributed by atoms with Crippen LogP contribution in [0.2, 0.25) is 0 Å². The lowest BCUT2D eigenvalue weighted by molar-refractivity contribution is -0.121. The number of benzene rings is 1.